The van der Waals surface area contributed by atoms with Crippen LogP contribution in [-0.2, 0) is 11.3 Å². The van der Waals surface area contributed by atoms with Crippen LogP contribution < -0.4 is 5.32 Å². The molecule has 0 spiro atoms. The van der Waals surface area contributed by atoms with Crippen LogP contribution in [0.3, 0.4) is 0 Å². The number of hydrogen-bond acceptors (Lipinski definition) is 3. The molecule has 7 heteroatoms. The summed E-state index contributed by atoms with van der Waals surface area (Å²) in [6.07, 6.45) is -0.715. The monoisotopic (exact) mass is 342 g/mol. The van der Waals surface area contributed by atoms with Gasteiger partial charge in [0.05, 0.1) is 6.10 Å². The molecule has 0 aromatic heterocycles. The van der Waals surface area contributed by atoms with Gasteiger partial charge in [-0.1, -0.05) is 28.1 Å². The number of benzene rings is 1. The molecule has 2 atom stereocenters. The number of halogens is 1. The largest absolute Gasteiger partial charge is 0.480 e. The molecule has 1 heterocycles. The number of rotatable bonds is 3. The normalized spacial score (nSPS) is 21.8. The lowest BCUT2D eigenvalue weighted by atomic mass is 10.2. The van der Waals surface area contributed by atoms with E-state index in [4.69, 9.17) is 5.11 Å². The second-order valence-electron chi connectivity index (χ2n) is 4.68. The van der Waals surface area contributed by atoms with Gasteiger partial charge in [-0.15, -0.1) is 0 Å². The number of urea groups is 1. The van der Waals surface area contributed by atoms with Crippen molar-refractivity contribution in [3.8, 4) is 0 Å². The summed E-state index contributed by atoms with van der Waals surface area (Å²) in [5.74, 6) is -1.10. The smallest absolute Gasteiger partial charge is 0.326 e. The minimum atomic E-state index is -1.10. The van der Waals surface area contributed by atoms with Gasteiger partial charge in [0.2, 0.25) is 0 Å². The van der Waals surface area contributed by atoms with E-state index < -0.39 is 24.1 Å². The fourth-order valence-electron chi connectivity index (χ4n) is 2.20. The van der Waals surface area contributed by atoms with Crippen molar-refractivity contribution in [2.24, 2.45) is 0 Å². The van der Waals surface area contributed by atoms with E-state index in [-0.39, 0.29) is 13.0 Å². The Labute approximate surface area is 124 Å². The topological polar surface area (TPSA) is 89.9 Å². The summed E-state index contributed by atoms with van der Waals surface area (Å²) in [4.78, 5) is 24.2. The number of carbonyl (C=O) groups excluding carboxylic acids is 1. The molecule has 1 saturated heterocycles. The third kappa shape index (κ3) is 3.49. The predicted molar refractivity (Wildman–Crippen MR) is 75.1 cm³/mol. The average molecular weight is 343 g/mol. The molecule has 0 bridgehead atoms. The molecule has 2 rings (SSSR count). The van der Waals surface area contributed by atoms with Gasteiger partial charge in [-0.25, -0.2) is 9.59 Å². The van der Waals surface area contributed by atoms with Gasteiger partial charge in [-0.2, -0.15) is 0 Å². The zero-order valence-corrected chi connectivity index (χ0v) is 12.2. The Hall–Kier alpha value is -1.60. The molecule has 0 radical (unpaired) electrons. The van der Waals surface area contributed by atoms with E-state index >= 15 is 0 Å². The summed E-state index contributed by atoms with van der Waals surface area (Å²) in [5, 5.41) is 21.2. The first-order valence-electron chi connectivity index (χ1n) is 6.17. The molecule has 1 fully saturated rings. The number of aliphatic hydroxyl groups is 1. The number of β-amino-alcohol motifs (C(OH)–C–C–N with tert-alkyl or cyclic N) is 1. The second kappa shape index (κ2) is 6.23. The molecular weight excluding hydrogens is 328 g/mol. The Bertz CT molecular complexity index is 523. The van der Waals surface area contributed by atoms with Gasteiger partial charge in [0.1, 0.15) is 6.04 Å². The van der Waals surface area contributed by atoms with Crippen molar-refractivity contribution in [1.82, 2.24) is 10.2 Å². The van der Waals surface area contributed by atoms with E-state index in [0.29, 0.717) is 6.54 Å². The Morgan fingerprint density at radius 1 is 1.45 bits per heavy atom. The highest BCUT2D eigenvalue weighted by Gasteiger charge is 2.38. The molecule has 20 heavy (non-hydrogen) atoms. The summed E-state index contributed by atoms with van der Waals surface area (Å²) in [6.45, 7) is 0.346. The van der Waals surface area contributed by atoms with Crippen LogP contribution in [0.5, 0.6) is 0 Å². The van der Waals surface area contributed by atoms with Crippen molar-refractivity contribution < 1.29 is 19.8 Å². The van der Waals surface area contributed by atoms with Gasteiger partial charge in [-0.3, -0.25) is 0 Å². The van der Waals surface area contributed by atoms with Crippen LogP contribution >= 0.6 is 15.9 Å². The molecule has 0 aliphatic carbocycles. The third-order valence-corrected chi connectivity index (χ3v) is 3.65. The van der Waals surface area contributed by atoms with E-state index in [9.17, 15) is 14.7 Å². The maximum atomic E-state index is 12.0. The van der Waals surface area contributed by atoms with E-state index in [1.165, 1.54) is 0 Å². The highest BCUT2D eigenvalue weighted by molar-refractivity contribution is 9.10. The number of aliphatic carboxylic acids is 1. The molecular formula is C13H15BrN2O4. The number of hydrogen-bond donors (Lipinski definition) is 3. The molecule has 2 amide bonds. The Balaban J connectivity index is 1.96. The number of amides is 2. The second-order valence-corrected chi connectivity index (χ2v) is 5.60. The standard InChI is InChI=1S/C13H15BrN2O4/c14-9-3-1-2-8(4-9)6-15-13(20)16-7-10(17)5-11(16)12(18)19/h1-4,10-11,17H,5-7H2,(H,15,20)(H,18,19). The highest BCUT2D eigenvalue weighted by atomic mass is 79.9. The van der Waals surface area contributed by atoms with E-state index in [1.807, 2.05) is 24.3 Å². The molecule has 108 valence electrons. The number of nitrogens with one attached hydrogen (secondary N) is 1. The van der Waals surface area contributed by atoms with Crippen LogP contribution in [0.15, 0.2) is 28.7 Å². The highest BCUT2D eigenvalue weighted by Crippen LogP contribution is 2.18. The van der Waals surface area contributed by atoms with Gasteiger partial charge < -0.3 is 20.4 Å². The zero-order chi connectivity index (χ0) is 14.7. The first-order valence-corrected chi connectivity index (χ1v) is 6.96. The molecule has 0 saturated carbocycles. The number of nitrogens with zero attached hydrogens (tertiary/aromatic N) is 1. The quantitative estimate of drug-likeness (QED) is 0.769. The van der Waals surface area contributed by atoms with Crippen molar-refractivity contribution >= 4 is 27.9 Å². The van der Waals surface area contributed by atoms with Crippen LogP contribution in [-0.4, -0.2) is 45.8 Å². The number of carbonyl (C=O) groups is 2. The van der Waals surface area contributed by atoms with Crippen LogP contribution in [0.4, 0.5) is 4.79 Å². The predicted octanol–water partition coefficient (Wildman–Crippen LogP) is 1.18. The number of likely N-dealkylation sites (tertiary alicyclic amines) is 1. The van der Waals surface area contributed by atoms with Crippen LogP contribution in [0, 0.1) is 0 Å². The van der Waals surface area contributed by atoms with Crippen molar-refractivity contribution in [1.29, 1.82) is 0 Å². The lowest BCUT2D eigenvalue weighted by Crippen LogP contribution is -2.45. The maximum Gasteiger partial charge on any atom is 0.326 e. The Morgan fingerprint density at radius 2 is 2.20 bits per heavy atom. The zero-order valence-electron chi connectivity index (χ0n) is 10.6. The third-order valence-electron chi connectivity index (χ3n) is 3.16. The van der Waals surface area contributed by atoms with Gasteiger partial charge >= 0.3 is 12.0 Å². The first-order chi connectivity index (χ1) is 9.47. The summed E-state index contributed by atoms with van der Waals surface area (Å²) in [5.41, 5.74) is 0.902. The van der Waals surface area contributed by atoms with Crippen LogP contribution in [0.1, 0.15) is 12.0 Å². The average Bonchev–Trinajstić information content (AvgIpc) is 2.78. The minimum Gasteiger partial charge on any atom is -0.480 e. The molecule has 1 aromatic carbocycles. The van der Waals surface area contributed by atoms with Gasteiger partial charge in [-0.05, 0) is 17.7 Å². The summed E-state index contributed by atoms with van der Waals surface area (Å²) < 4.78 is 0.907. The summed E-state index contributed by atoms with van der Waals surface area (Å²) in [6, 6.07) is 6.02. The van der Waals surface area contributed by atoms with Gasteiger partial charge in [0.15, 0.2) is 0 Å². The number of aliphatic hydroxyl groups excluding tert-OH is 1. The molecule has 2 unspecified atom stereocenters. The number of carboxylic acid groups (broad SMARTS) is 1. The lowest BCUT2D eigenvalue weighted by Gasteiger charge is -2.21. The Kier molecular flexibility index (Phi) is 4.61. The van der Waals surface area contributed by atoms with Crippen molar-refractivity contribution in [3.63, 3.8) is 0 Å². The molecule has 1 aliphatic heterocycles. The summed E-state index contributed by atoms with van der Waals surface area (Å²) >= 11 is 3.34. The SMILES string of the molecule is O=C(O)C1CC(O)CN1C(=O)NCc1cccc(Br)c1. The van der Waals surface area contributed by atoms with Gasteiger partial charge in [0, 0.05) is 24.0 Å². The first kappa shape index (κ1) is 14.8. The van der Waals surface area contributed by atoms with E-state index in [2.05, 4.69) is 21.2 Å². The van der Waals surface area contributed by atoms with Crippen molar-refractivity contribution in [2.75, 3.05) is 6.54 Å². The minimum absolute atomic E-state index is 0.0429. The maximum absolute atomic E-state index is 12.0. The molecule has 1 aromatic rings. The lowest BCUT2D eigenvalue weighted by molar-refractivity contribution is -0.141. The molecule has 6 nitrogen and oxygen atoms in total. The van der Waals surface area contributed by atoms with Gasteiger partial charge in [0.25, 0.3) is 0 Å². The Morgan fingerprint density at radius 3 is 2.85 bits per heavy atom. The summed E-state index contributed by atoms with van der Waals surface area (Å²) in [7, 11) is 0. The van der Waals surface area contributed by atoms with Crippen molar-refractivity contribution in [2.45, 2.75) is 25.1 Å². The van der Waals surface area contributed by atoms with E-state index in [0.717, 1.165) is 14.9 Å². The fraction of sp³-hybridized carbons (Fsp3) is 0.385. The fourth-order valence-corrected chi connectivity index (χ4v) is 2.65. The van der Waals surface area contributed by atoms with E-state index in [1.54, 1.807) is 0 Å². The van der Waals surface area contributed by atoms with Crippen LogP contribution in [0.2, 0.25) is 0 Å². The molecule has 1 aliphatic rings. The van der Waals surface area contributed by atoms with Crippen LogP contribution in [0.25, 0.3) is 0 Å². The number of carboxylic acids is 1. The molecule has 3 N–H and O–H groups in total. The van der Waals surface area contributed by atoms with Crippen molar-refractivity contribution in [3.05, 3.63) is 34.3 Å².